The third-order valence-corrected chi connectivity index (χ3v) is 2.91. The van der Waals surface area contributed by atoms with Crippen molar-refractivity contribution < 1.29 is 13.2 Å². The van der Waals surface area contributed by atoms with Crippen LogP contribution in [-0.4, -0.2) is 28.7 Å². The fraction of sp³-hybridized carbons (Fsp3) is 0.600. The van der Waals surface area contributed by atoms with Crippen LogP contribution in [0.25, 0.3) is 0 Å². The summed E-state index contributed by atoms with van der Waals surface area (Å²) in [5.74, 6) is 0.0165. The molecule has 1 fully saturated rings. The maximum atomic E-state index is 12.6. The number of nitrogens with zero attached hydrogens (tertiary/aromatic N) is 3. The molecule has 8 heteroatoms. The molecule has 0 aromatic carbocycles. The van der Waals surface area contributed by atoms with E-state index < -0.39 is 17.4 Å². The second-order valence-electron chi connectivity index (χ2n) is 4.33. The molecule has 1 saturated heterocycles. The minimum Gasteiger partial charge on any atom is -0.341 e. The summed E-state index contributed by atoms with van der Waals surface area (Å²) >= 11 is 0. The highest BCUT2D eigenvalue weighted by atomic mass is 19.4. The van der Waals surface area contributed by atoms with E-state index >= 15 is 0 Å². The molecule has 100 valence electrons. The van der Waals surface area contributed by atoms with Crippen molar-refractivity contribution in [1.29, 1.82) is 0 Å². The zero-order chi connectivity index (χ0) is 13.5. The number of alkyl halides is 3. The van der Waals surface area contributed by atoms with Crippen LogP contribution >= 0.6 is 0 Å². The minimum atomic E-state index is -4.62. The number of halogens is 3. The number of nitrogens with two attached hydrogens (primary N) is 1. The zero-order valence-corrected chi connectivity index (χ0v) is 9.74. The summed E-state index contributed by atoms with van der Waals surface area (Å²) < 4.78 is 38.9. The van der Waals surface area contributed by atoms with E-state index in [1.54, 1.807) is 4.90 Å². The molecule has 2 N–H and O–H groups in total. The molecule has 1 aromatic rings. The summed E-state index contributed by atoms with van der Waals surface area (Å²) in [6.45, 7) is 0.907. The van der Waals surface area contributed by atoms with Gasteiger partial charge in [-0.2, -0.15) is 13.2 Å². The van der Waals surface area contributed by atoms with Gasteiger partial charge in [-0.15, -0.1) is 0 Å². The van der Waals surface area contributed by atoms with Crippen molar-refractivity contribution in [2.24, 2.45) is 12.8 Å². The van der Waals surface area contributed by atoms with Gasteiger partial charge < -0.3 is 10.6 Å². The van der Waals surface area contributed by atoms with Crippen molar-refractivity contribution in [2.45, 2.75) is 18.6 Å². The lowest BCUT2D eigenvalue weighted by Gasteiger charge is -2.20. The Bertz CT molecular complexity index is 511. The highest BCUT2D eigenvalue weighted by Crippen LogP contribution is 2.28. The highest BCUT2D eigenvalue weighted by Gasteiger charge is 2.35. The number of hydrogen-bond donors (Lipinski definition) is 1. The highest BCUT2D eigenvalue weighted by molar-refractivity contribution is 5.34. The van der Waals surface area contributed by atoms with E-state index in [0.29, 0.717) is 25.6 Å². The summed E-state index contributed by atoms with van der Waals surface area (Å²) in [6, 6.07) is 0.399. The molecule has 0 amide bonds. The molecule has 0 unspecified atom stereocenters. The minimum absolute atomic E-state index is 0.0165. The quantitative estimate of drug-likeness (QED) is 0.792. The molecule has 0 saturated carbocycles. The van der Waals surface area contributed by atoms with Crippen LogP contribution in [0.5, 0.6) is 0 Å². The van der Waals surface area contributed by atoms with Crippen LogP contribution < -0.4 is 16.2 Å². The molecule has 0 aliphatic carbocycles. The second kappa shape index (κ2) is 4.27. The Morgan fingerprint density at radius 2 is 2.17 bits per heavy atom. The van der Waals surface area contributed by atoms with Crippen molar-refractivity contribution in [3.63, 3.8) is 0 Å². The summed E-state index contributed by atoms with van der Waals surface area (Å²) in [5, 5.41) is 0. The van der Waals surface area contributed by atoms with Crippen molar-refractivity contribution >= 4 is 5.95 Å². The maximum absolute atomic E-state index is 12.6. The number of rotatable bonds is 1. The van der Waals surface area contributed by atoms with Gasteiger partial charge in [0.15, 0.2) is 5.69 Å². The lowest BCUT2D eigenvalue weighted by molar-refractivity contribution is -0.141. The summed E-state index contributed by atoms with van der Waals surface area (Å²) in [4.78, 5) is 16.6. The Morgan fingerprint density at radius 3 is 2.67 bits per heavy atom. The molecule has 2 rings (SSSR count). The van der Waals surface area contributed by atoms with Crippen LogP contribution in [0.1, 0.15) is 12.1 Å². The van der Waals surface area contributed by atoms with E-state index in [9.17, 15) is 18.0 Å². The van der Waals surface area contributed by atoms with Gasteiger partial charge in [-0.1, -0.05) is 0 Å². The summed E-state index contributed by atoms with van der Waals surface area (Å²) in [6.07, 6.45) is -3.95. The van der Waals surface area contributed by atoms with E-state index in [1.807, 2.05) is 0 Å². The largest absolute Gasteiger partial charge is 0.433 e. The third kappa shape index (κ3) is 2.33. The first kappa shape index (κ1) is 12.9. The molecule has 0 bridgehead atoms. The number of anilines is 1. The van der Waals surface area contributed by atoms with Crippen molar-refractivity contribution in [2.75, 3.05) is 18.0 Å². The van der Waals surface area contributed by atoms with Crippen LogP contribution in [-0.2, 0) is 13.2 Å². The van der Waals surface area contributed by atoms with Crippen molar-refractivity contribution in [1.82, 2.24) is 9.55 Å². The van der Waals surface area contributed by atoms with Crippen LogP contribution in [0.2, 0.25) is 0 Å². The normalized spacial score (nSPS) is 20.5. The Balaban J connectivity index is 2.47. The predicted molar refractivity (Wildman–Crippen MR) is 59.3 cm³/mol. The Kier molecular flexibility index (Phi) is 3.05. The fourth-order valence-corrected chi connectivity index (χ4v) is 1.92. The van der Waals surface area contributed by atoms with Gasteiger partial charge in [0.25, 0.3) is 5.56 Å². The van der Waals surface area contributed by atoms with E-state index in [1.165, 1.54) is 7.05 Å². The molecule has 1 atom stereocenters. The molecule has 0 radical (unpaired) electrons. The van der Waals surface area contributed by atoms with Gasteiger partial charge in [-0.25, -0.2) is 4.98 Å². The zero-order valence-electron chi connectivity index (χ0n) is 9.74. The van der Waals surface area contributed by atoms with Crippen LogP contribution in [0.3, 0.4) is 0 Å². The van der Waals surface area contributed by atoms with E-state index in [2.05, 4.69) is 4.98 Å². The SMILES string of the molecule is Cn1c(N2CC[C@H](N)C2)nc(C(F)(F)F)cc1=O. The van der Waals surface area contributed by atoms with E-state index in [4.69, 9.17) is 5.73 Å². The van der Waals surface area contributed by atoms with E-state index in [0.717, 1.165) is 4.57 Å². The molecule has 1 aromatic heterocycles. The first-order chi connectivity index (χ1) is 8.29. The van der Waals surface area contributed by atoms with E-state index in [-0.39, 0.29) is 12.0 Å². The molecule has 0 spiro atoms. The molecular weight excluding hydrogens is 249 g/mol. The summed E-state index contributed by atoms with van der Waals surface area (Å²) in [7, 11) is 1.40. The topological polar surface area (TPSA) is 64.2 Å². The average Bonchev–Trinajstić information content (AvgIpc) is 2.67. The standard InChI is InChI=1S/C10H13F3N4O/c1-16-8(18)4-7(10(11,12)13)15-9(16)17-3-2-6(14)5-17/h4,6H,2-3,5,14H2,1H3/t6-/m0/s1. The van der Waals surface area contributed by atoms with Gasteiger partial charge in [0.05, 0.1) is 0 Å². The Hall–Kier alpha value is -1.57. The first-order valence-electron chi connectivity index (χ1n) is 5.45. The van der Waals surface area contributed by atoms with Gasteiger partial charge in [-0.05, 0) is 6.42 Å². The van der Waals surface area contributed by atoms with Crippen molar-refractivity contribution in [3.05, 3.63) is 22.1 Å². The molecule has 1 aliphatic rings. The van der Waals surface area contributed by atoms with Crippen LogP contribution in [0, 0.1) is 0 Å². The lowest BCUT2D eigenvalue weighted by Crippen LogP contribution is -2.33. The molecule has 18 heavy (non-hydrogen) atoms. The number of aromatic nitrogens is 2. The molecular formula is C10H13F3N4O. The maximum Gasteiger partial charge on any atom is 0.433 e. The van der Waals surface area contributed by atoms with Gasteiger partial charge in [0.1, 0.15) is 0 Å². The average molecular weight is 262 g/mol. The van der Waals surface area contributed by atoms with Gasteiger partial charge >= 0.3 is 6.18 Å². The van der Waals surface area contributed by atoms with Crippen LogP contribution in [0.4, 0.5) is 19.1 Å². The fourth-order valence-electron chi connectivity index (χ4n) is 1.92. The smallest absolute Gasteiger partial charge is 0.341 e. The summed E-state index contributed by atoms with van der Waals surface area (Å²) in [5.41, 5.74) is 3.80. The van der Waals surface area contributed by atoms with Gasteiger partial charge in [-0.3, -0.25) is 9.36 Å². The molecule has 1 aliphatic heterocycles. The molecule has 2 heterocycles. The Morgan fingerprint density at radius 1 is 1.50 bits per heavy atom. The lowest BCUT2D eigenvalue weighted by atomic mass is 10.3. The Labute approximate surface area is 101 Å². The molecule has 5 nitrogen and oxygen atoms in total. The second-order valence-corrected chi connectivity index (χ2v) is 4.33. The number of hydrogen-bond acceptors (Lipinski definition) is 4. The first-order valence-corrected chi connectivity index (χ1v) is 5.45. The third-order valence-electron chi connectivity index (χ3n) is 2.91. The monoisotopic (exact) mass is 262 g/mol. The predicted octanol–water partition coefficient (Wildman–Crippen LogP) is 0.337. The van der Waals surface area contributed by atoms with Crippen LogP contribution in [0.15, 0.2) is 10.9 Å². The van der Waals surface area contributed by atoms with Gasteiger partial charge in [0, 0.05) is 32.2 Å². The van der Waals surface area contributed by atoms with Gasteiger partial charge in [0.2, 0.25) is 5.95 Å². The van der Waals surface area contributed by atoms with Crippen molar-refractivity contribution in [3.8, 4) is 0 Å².